The molecule has 0 radical (unpaired) electrons. The molecule has 0 bridgehead atoms. The molecule has 0 spiro atoms. The SMILES string of the molecule is CC(C)N(CCO)c1ccc(CN)c(C(F)(F)F)c1. The van der Waals surface area contributed by atoms with Crippen LogP contribution in [0.25, 0.3) is 0 Å². The van der Waals surface area contributed by atoms with Crippen molar-refractivity contribution >= 4 is 5.69 Å². The number of halogens is 3. The first-order chi connectivity index (χ1) is 8.81. The molecule has 0 aromatic heterocycles. The third-order valence-electron chi connectivity index (χ3n) is 2.91. The highest BCUT2D eigenvalue weighted by Gasteiger charge is 2.33. The van der Waals surface area contributed by atoms with Crippen LogP contribution in [0.4, 0.5) is 18.9 Å². The molecule has 0 unspecified atom stereocenters. The number of nitrogens with two attached hydrogens (primary N) is 1. The van der Waals surface area contributed by atoms with Crippen LogP contribution in [0.15, 0.2) is 18.2 Å². The summed E-state index contributed by atoms with van der Waals surface area (Å²) >= 11 is 0. The van der Waals surface area contributed by atoms with Gasteiger partial charge in [0, 0.05) is 24.8 Å². The summed E-state index contributed by atoms with van der Waals surface area (Å²) < 4.78 is 38.8. The second-order valence-corrected chi connectivity index (χ2v) is 4.55. The molecular formula is C13H19F3N2O. The van der Waals surface area contributed by atoms with Crippen molar-refractivity contribution in [3.05, 3.63) is 29.3 Å². The Bertz CT molecular complexity index is 419. The number of aliphatic hydroxyl groups is 1. The van der Waals surface area contributed by atoms with Crippen molar-refractivity contribution in [2.75, 3.05) is 18.1 Å². The lowest BCUT2D eigenvalue weighted by Gasteiger charge is -2.29. The van der Waals surface area contributed by atoms with Crippen LogP contribution in [-0.4, -0.2) is 24.3 Å². The minimum atomic E-state index is -4.42. The van der Waals surface area contributed by atoms with Gasteiger partial charge >= 0.3 is 6.18 Å². The fourth-order valence-electron chi connectivity index (χ4n) is 1.98. The zero-order chi connectivity index (χ0) is 14.6. The van der Waals surface area contributed by atoms with E-state index in [-0.39, 0.29) is 31.3 Å². The van der Waals surface area contributed by atoms with E-state index in [0.717, 1.165) is 6.07 Å². The molecule has 0 aliphatic carbocycles. The Kier molecular flexibility index (Phi) is 5.20. The van der Waals surface area contributed by atoms with Crippen LogP contribution in [0.3, 0.4) is 0 Å². The van der Waals surface area contributed by atoms with Crippen LogP contribution in [0.1, 0.15) is 25.0 Å². The van der Waals surface area contributed by atoms with Gasteiger partial charge in [0.2, 0.25) is 0 Å². The van der Waals surface area contributed by atoms with E-state index in [1.807, 2.05) is 13.8 Å². The van der Waals surface area contributed by atoms with Gasteiger partial charge in [0.1, 0.15) is 0 Å². The van der Waals surface area contributed by atoms with Gasteiger partial charge < -0.3 is 15.7 Å². The van der Waals surface area contributed by atoms with E-state index in [9.17, 15) is 13.2 Å². The maximum atomic E-state index is 12.9. The largest absolute Gasteiger partial charge is 0.416 e. The topological polar surface area (TPSA) is 49.5 Å². The normalized spacial score (nSPS) is 12.0. The Morgan fingerprint density at radius 2 is 1.95 bits per heavy atom. The number of nitrogens with zero attached hydrogens (tertiary/aromatic N) is 1. The second kappa shape index (κ2) is 6.25. The van der Waals surface area contributed by atoms with Gasteiger partial charge in [0.25, 0.3) is 0 Å². The van der Waals surface area contributed by atoms with Gasteiger partial charge in [-0.15, -0.1) is 0 Å². The molecule has 1 rings (SSSR count). The van der Waals surface area contributed by atoms with E-state index in [1.54, 1.807) is 11.0 Å². The van der Waals surface area contributed by atoms with Crippen molar-refractivity contribution in [3.63, 3.8) is 0 Å². The molecule has 0 fully saturated rings. The molecule has 0 heterocycles. The highest BCUT2D eigenvalue weighted by molar-refractivity contribution is 5.52. The summed E-state index contributed by atoms with van der Waals surface area (Å²) in [6.07, 6.45) is -4.42. The fraction of sp³-hybridized carbons (Fsp3) is 0.538. The summed E-state index contributed by atoms with van der Waals surface area (Å²) in [6.45, 7) is 3.74. The van der Waals surface area contributed by atoms with Gasteiger partial charge in [-0.05, 0) is 31.5 Å². The third-order valence-corrected chi connectivity index (χ3v) is 2.91. The predicted octanol–water partition coefficient (Wildman–Crippen LogP) is 2.37. The maximum Gasteiger partial charge on any atom is 0.416 e. The number of alkyl halides is 3. The molecule has 3 N–H and O–H groups in total. The Labute approximate surface area is 110 Å². The zero-order valence-corrected chi connectivity index (χ0v) is 11.0. The number of hydrogen-bond acceptors (Lipinski definition) is 3. The monoisotopic (exact) mass is 276 g/mol. The summed E-state index contributed by atoms with van der Waals surface area (Å²) in [5, 5.41) is 8.99. The molecule has 3 nitrogen and oxygen atoms in total. The Hall–Kier alpha value is -1.27. The first kappa shape index (κ1) is 15.8. The molecule has 6 heteroatoms. The van der Waals surface area contributed by atoms with Crippen molar-refractivity contribution in [1.29, 1.82) is 0 Å². The number of benzene rings is 1. The van der Waals surface area contributed by atoms with Gasteiger partial charge in [0.05, 0.1) is 12.2 Å². The lowest BCUT2D eigenvalue weighted by Crippen LogP contribution is -2.33. The number of rotatable bonds is 5. The lowest BCUT2D eigenvalue weighted by atomic mass is 10.0. The minimum absolute atomic E-state index is 0.00281. The average molecular weight is 276 g/mol. The first-order valence-corrected chi connectivity index (χ1v) is 6.09. The quantitative estimate of drug-likeness (QED) is 0.868. The molecule has 0 saturated heterocycles. The van der Waals surface area contributed by atoms with Gasteiger partial charge in [-0.3, -0.25) is 0 Å². The van der Waals surface area contributed by atoms with E-state index in [0.29, 0.717) is 5.69 Å². The van der Waals surface area contributed by atoms with Crippen LogP contribution in [0.2, 0.25) is 0 Å². The van der Waals surface area contributed by atoms with Crippen LogP contribution in [0, 0.1) is 0 Å². The van der Waals surface area contributed by atoms with Crippen LogP contribution >= 0.6 is 0 Å². The van der Waals surface area contributed by atoms with E-state index in [1.165, 1.54) is 6.07 Å². The van der Waals surface area contributed by atoms with Gasteiger partial charge in [0.15, 0.2) is 0 Å². The van der Waals surface area contributed by atoms with E-state index in [4.69, 9.17) is 10.8 Å². The molecule has 0 atom stereocenters. The highest BCUT2D eigenvalue weighted by atomic mass is 19.4. The van der Waals surface area contributed by atoms with Crippen molar-refractivity contribution in [2.24, 2.45) is 5.73 Å². The standard InChI is InChI=1S/C13H19F3N2O/c1-9(2)18(5-6-19)11-4-3-10(8-17)12(7-11)13(14,15)16/h3-4,7,9,19H,5-6,8,17H2,1-2H3. The summed E-state index contributed by atoms with van der Waals surface area (Å²) in [7, 11) is 0. The smallest absolute Gasteiger partial charge is 0.395 e. The Morgan fingerprint density at radius 1 is 1.32 bits per heavy atom. The number of hydrogen-bond donors (Lipinski definition) is 2. The maximum absolute atomic E-state index is 12.9. The van der Waals surface area contributed by atoms with Gasteiger partial charge in [-0.25, -0.2) is 0 Å². The van der Waals surface area contributed by atoms with Crippen molar-refractivity contribution in [1.82, 2.24) is 0 Å². The molecule has 108 valence electrons. The third kappa shape index (κ3) is 3.84. The van der Waals surface area contributed by atoms with E-state index >= 15 is 0 Å². The summed E-state index contributed by atoms with van der Waals surface area (Å²) in [5.74, 6) is 0. The Balaban J connectivity index is 3.23. The molecule has 1 aromatic carbocycles. The summed E-state index contributed by atoms with van der Waals surface area (Å²) in [4.78, 5) is 1.72. The number of aliphatic hydroxyl groups excluding tert-OH is 1. The van der Waals surface area contributed by atoms with Crippen LogP contribution < -0.4 is 10.6 Å². The minimum Gasteiger partial charge on any atom is -0.395 e. The van der Waals surface area contributed by atoms with Crippen LogP contribution in [0.5, 0.6) is 0 Å². The lowest BCUT2D eigenvalue weighted by molar-refractivity contribution is -0.138. The molecule has 0 aliphatic heterocycles. The fourth-order valence-corrected chi connectivity index (χ4v) is 1.98. The molecule has 0 amide bonds. The second-order valence-electron chi connectivity index (χ2n) is 4.55. The summed E-state index contributed by atoms with van der Waals surface area (Å²) in [5.41, 5.74) is 5.14. The van der Waals surface area contributed by atoms with Gasteiger partial charge in [-0.1, -0.05) is 6.07 Å². The molecular weight excluding hydrogens is 257 g/mol. The Morgan fingerprint density at radius 3 is 2.37 bits per heavy atom. The zero-order valence-electron chi connectivity index (χ0n) is 11.0. The molecule has 19 heavy (non-hydrogen) atoms. The highest BCUT2D eigenvalue weighted by Crippen LogP contribution is 2.34. The van der Waals surface area contributed by atoms with Crippen LogP contribution in [-0.2, 0) is 12.7 Å². The molecule has 0 aliphatic rings. The van der Waals surface area contributed by atoms with Crippen molar-refractivity contribution in [3.8, 4) is 0 Å². The van der Waals surface area contributed by atoms with E-state index in [2.05, 4.69) is 0 Å². The first-order valence-electron chi connectivity index (χ1n) is 6.09. The van der Waals surface area contributed by atoms with Crippen molar-refractivity contribution < 1.29 is 18.3 Å². The van der Waals surface area contributed by atoms with E-state index < -0.39 is 11.7 Å². The van der Waals surface area contributed by atoms with Gasteiger partial charge in [-0.2, -0.15) is 13.2 Å². The molecule has 0 saturated carbocycles. The predicted molar refractivity (Wildman–Crippen MR) is 68.9 cm³/mol. The van der Waals surface area contributed by atoms with Crippen molar-refractivity contribution in [2.45, 2.75) is 32.6 Å². The summed E-state index contributed by atoms with van der Waals surface area (Å²) in [6, 6.07) is 4.09. The molecule has 1 aromatic rings. The average Bonchev–Trinajstić information content (AvgIpc) is 2.33. The number of anilines is 1.